The molecule has 0 saturated carbocycles. The van der Waals surface area contributed by atoms with Crippen molar-refractivity contribution in [1.29, 1.82) is 0 Å². The van der Waals surface area contributed by atoms with E-state index >= 15 is 0 Å². The molecule has 0 unspecified atom stereocenters. The van der Waals surface area contributed by atoms with Gasteiger partial charge in [0.05, 0.1) is 10.6 Å². The van der Waals surface area contributed by atoms with Gasteiger partial charge in [0, 0.05) is 34.6 Å². The molecule has 46 heavy (non-hydrogen) atoms. The topological polar surface area (TPSA) is 86.8 Å². The van der Waals surface area contributed by atoms with Crippen LogP contribution in [0.15, 0.2) is 102 Å². The lowest BCUT2D eigenvalue weighted by Gasteiger charge is -2.34. The molecule has 0 fully saturated rings. The van der Waals surface area contributed by atoms with Crippen LogP contribution in [0.3, 0.4) is 0 Å². The Balaban J connectivity index is 1.84. The van der Waals surface area contributed by atoms with E-state index < -0.39 is 28.5 Å². The molecule has 1 atom stereocenters. The van der Waals surface area contributed by atoms with E-state index in [4.69, 9.17) is 34.8 Å². The molecule has 0 saturated heterocycles. The molecule has 0 radical (unpaired) electrons. The van der Waals surface area contributed by atoms with Crippen LogP contribution in [-0.2, 0) is 32.6 Å². The molecule has 4 rings (SSSR count). The summed E-state index contributed by atoms with van der Waals surface area (Å²) in [5.41, 5.74) is 2.22. The van der Waals surface area contributed by atoms with Crippen molar-refractivity contribution in [2.24, 2.45) is 5.92 Å². The van der Waals surface area contributed by atoms with Crippen LogP contribution in [0.5, 0.6) is 0 Å². The van der Waals surface area contributed by atoms with E-state index in [-0.39, 0.29) is 35.4 Å². The molecular formula is C35H36Cl3N3O4S. The number of rotatable bonds is 13. The molecule has 2 amide bonds. The third-order valence-electron chi connectivity index (χ3n) is 7.36. The van der Waals surface area contributed by atoms with E-state index in [2.05, 4.69) is 5.32 Å². The average Bonchev–Trinajstić information content (AvgIpc) is 3.03. The Morgan fingerprint density at radius 2 is 1.43 bits per heavy atom. The second-order valence-corrected chi connectivity index (χ2v) is 14.5. The van der Waals surface area contributed by atoms with Crippen molar-refractivity contribution in [3.63, 3.8) is 0 Å². The monoisotopic (exact) mass is 699 g/mol. The minimum Gasteiger partial charge on any atom is -0.354 e. The normalized spacial score (nSPS) is 12.1. The lowest BCUT2D eigenvalue weighted by atomic mass is 10.0. The molecule has 0 bridgehead atoms. The third kappa shape index (κ3) is 9.04. The van der Waals surface area contributed by atoms with Crippen molar-refractivity contribution in [2.75, 3.05) is 17.4 Å². The molecule has 242 valence electrons. The second kappa shape index (κ2) is 15.8. The summed E-state index contributed by atoms with van der Waals surface area (Å²) in [6.07, 6.45) is 0.184. The molecule has 0 aliphatic carbocycles. The molecule has 0 aliphatic heterocycles. The molecule has 11 heteroatoms. The van der Waals surface area contributed by atoms with E-state index in [0.717, 1.165) is 9.87 Å². The Morgan fingerprint density at radius 3 is 2.07 bits per heavy atom. The summed E-state index contributed by atoms with van der Waals surface area (Å²) in [5.74, 6) is -0.814. The number of amides is 2. The van der Waals surface area contributed by atoms with Gasteiger partial charge >= 0.3 is 0 Å². The third-order valence-corrected chi connectivity index (χ3v) is 9.96. The quantitative estimate of drug-likeness (QED) is 0.156. The first-order valence-electron chi connectivity index (χ1n) is 14.8. The number of sulfonamides is 1. The van der Waals surface area contributed by atoms with E-state index in [1.807, 2.05) is 44.2 Å². The maximum atomic E-state index is 14.6. The van der Waals surface area contributed by atoms with E-state index in [9.17, 15) is 18.0 Å². The van der Waals surface area contributed by atoms with Gasteiger partial charge in [0.2, 0.25) is 11.8 Å². The van der Waals surface area contributed by atoms with Crippen molar-refractivity contribution in [1.82, 2.24) is 10.2 Å². The summed E-state index contributed by atoms with van der Waals surface area (Å²) in [7, 11) is -4.25. The fourth-order valence-corrected chi connectivity index (χ4v) is 7.02. The van der Waals surface area contributed by atoms with E-state index in [1.54, 1.807) is 55.5 Å². The zero-order valence-electron chi connectivity index (χ0n) is 25.8. The zero-order valence-corrected chi connectivity index (χ0v) is 28.9. The van der Waals surface area contributed by atoms with Gasteiger partial charge in [-0.15, -0.1) is 0 Å². The molecule has 0 aliphatic rings. The number of hydrogen-bond acceptors (Lipinski definition) is 4. The average molecular weight is 701 g/mol. The fraction of sp³-hybridized carbons (Fsp3) is 0.257. The number of nitrogens with zero attached hydrogens (tertiary/aromatic N) is 2. The summed E-state index contributed by atoms with van der Waals surface area (Å²) in [5, 5.41) is 4.00. The highest BCUT2D eigenvalue weighted by atomic mass is 35.5. The summed E-state index contributed by atoms with van der Waals surface area (Å²) < 4.78 is 29.4. The zero-order chi connectivity index (χ0) is 33.4. The number of anilines is 1. The maximum Gasteiger partial charge on any atom is 0.264 e. The minimum atomic E-state index is -4.25. The van der Waals surface area contributed by atoms with E-state index in [1.165, 1.54) is 23.1 Å². The molecular weight excluding hydrogens is 665 g/mol. The maximum absolute atomic E-state index is 14.6. The SMILES string of the molecule is Cc1ccc(Cl)cc1N(CC(=O)N(Cc1ccc(Cl)cc1Cl)[C@H](Cc1ccccc1)C(=O)NCC(C)C)S(=O)(=O)c1ccccc1. The van der Waals surface area contributed by atoms with Gasteiger partial charge in [-0.05, 0) is 65.9 Å². The van der Waals surface area contributed by atoms with Crippen molar-refractivity contribution < 1.29 is 18.0 Å². The first kappa shape index (κ1) is 35.3. The van der Waals surface area contributed by atoms with Gasteiger partial charge < -0.3 is 10.2 Å². The summed E-state index contributed by atoms with van der Waals surface area (Å²) in [4.78, 5) is 29.9. The standard InChI is InChI=1S/C35H36Cl3N3O4S/c1-24(2)21-39-35(43)33(18-26-10-6-4-7-11-26)40(22-27-15-17-28(36)19-31(27)38)34(42)23-41(32-20-29(37)16-14-25(32)3)46(44,45)30-12-8-5-9-13-30/h4-17,19-20,24,33H,18,21-23H2,1-3H3,(H,39,43)/t33-/m1/s1. The molecule has 4 aromatic carbocycles. The first-order chi connectivity index (χ1) is 21.9. The first-order valence-corrected chi connectivity index (χ1v) is 17.3. The van der Waals surface area contributed by atoms with Crippen LogP contribution in [-0.4, -0.2) is 44.3 Å². The van der Waals surface area contributed by atoms with Crippen LogP contribution in [0.25, 0.3) is 0 Å². The van der Waals surface area contributed by atoms with Crippen molar-refractivity contribution in [2.45, 2.75) is 44.7 Å². The van der Waals surface area contributed by atoms with Gasteiger partial charge in [-0.2, -0.15) is 0 Å². The second-order valence-electron chi connectivity index (χ2n) is 11.4. The number of carbonyl (C=O) groups excluding carboxylic acids is 2. The summed E-state index contributed by atoms with van der Waals surface area (Å²) in [6.45, 7) is 5.41. The van der Waals surface area contributed by atoms with Gasteiger partial charge in [0.15, 0.2) is 0 Å². The Morgan fingerprint density at radius 1 is 0.826 bits per heavy atom. The number of aryl methyl sites for hydroxylation is 1. The van der Waals surface area contributed by atoms with Crippen LogP contribution in [0, 0.1) is 12.8 Å². The molecule has 0 spiro atoms. The van der Waals surface area contributed by atoms with Gasteiger partial charge in [0.25, 0.3) is 10.0 Å². The number of benzene rings is 4. The smallest absolute Gasteiger partial charge is 0.264 e. The van der Waals surface area contributed by atoms with Gasteiger partial charge in [-0.3, -0.25) is 13.9 Å². The van der Waals surface area contributed by atoms with Crippen LogP contribution in [0.2, 0.25) is 15.1 Å². The fourth-order valence-electron chi connectivity index (χ4n) is 4.89. The lowest BCUT2D eigenvalue weighted by molar-refractivity contribution is -0.140. The van der Waals surface area contributed by atoms with Gasteiger partial charge in [-0.25, -0.2) is 8.42 Å². The highest BCUT2D eigenvalue weighted by Crippen LogP contribution is 2.31. The number of nitrogens with one attached hydrogen (secondary N) is 1. The molecule has 0 aromatic heterocycles. The van der Waals surface area contributed by atoms with Crippen LogP contribution >= 0.6 is 34.8 Å². The molecule has 7 nitrogen and oxygen atoms in total. The molecule has 0 heterocycles. The largest absolute Gasteiger partial charge is 0.354 e. The molecule has 1 N–H and O–H groups in total. The Hall–Kier alpha value is -3.56. The number of halogens is 3. The van der Waals surface area contributed by atoms with Gasteiger partial charge in [0.1, 0.15) is 12.6 Å². The minimum absolute atomic E-state index is 0.00461. The predicted molar refractivity (Wildman–Crippen MR) is 186 cm³/mol. The van der Waals surface area contributed by atoms with Crippen molar-refractivity contribution in [3.05, 3.63) is 129 Å². The number of hydrogen-bond donors (Lipinski definition) is 1. The Bertz CT molecular complexity index is 1770. The van der Waals surface area contributed by atoms with Crippen molar-refractivity contribution in [3.8, 4) is 0 Å². The van der Waals surface area contributed by atoms with Crippen LogP contribution in [0.4, 0.5) is 5.69 Å². The number of carbonyl (C=O) groups is 2. The van der Waals surface area contributed by atoms with Crippen LogP contribution in [0.1, 0.15) is 30.5 Å². The Kier molecular flexibility index (Phi) is 12.1. The lowest BCUT2D eigenvalue weighted by Crippen LogP contribution is -2.53. The van der Waals surface area contributed by atoms with E-state index in [0.29, 0.717) is 32.7 Å². The van der Waals surface area contributed by atoms with Crippen LogP contribution < -0.4 is 9.62 Å². The predicted octanol–water partition coefficient (Wildman–Crippen LogP) is 7.56. The van der Waals surface area contributed by atoms with Gasteiger partial charge in [-0.1, -0.05) is 109 Å². The molecule has 4 aromatic rings. The van der Waals surface area contributed by atoms with Crippen molar-refractivity contribution >= 4 is 62.3 Å². The highest BCUT2D eigenvalue weighted by Gasteiger charge is 2.35. The Labute approximate surface area is 286 Å². The highest BCUT2D eigenvalue weighted by molar-refractivity contribution is 7.92. The summed E-state index contributed by atoms with van der Waals surface area (Å²) >= 11 is 19.1. The summed E-state index contributed by atoms with van der Waals surface area (Å²) in [6, 6.07) is 26.0.